The van der Waals surface area contributed by atoms with Crippen LogP contribution in [0.15, 0.2) is 36.5 Å². The molecule has 2 N–H and O–H groups in total. The van der Waals surface area contributed by atoms with Crippen LogP contribution in [0.5, 0.6) is 5.75 Å². The molecular weight excluding hydrogens is 272 g/mol. The van der Waals surface area contributed by atoms with Crippen molar-refractivity contribution < 1.29 is 19.4 Å². The number of aromatic nitrogens is 1. The Morgan fingerprint density at radius 1 is 1.24 bits per heavy atom. The maximum atomic E-state index is 12.0. The highest BCUT2D eigenvalue weighted by Crippen LogP contribution is 2.23. The summed E-state index contributed by atoms with van der Waals surface area (Å²) in [5.41, 5.74) is 1.72. The predicted octanol–water partition coefficient (Wildman–Crippen LogP) is 2.35. The maximum Gasteiger partial charge on any atom is 0.339 e. The first kappa shape index (κ1) is 14.5. The van der Waals surface area contributed by atoms with Gasteiger partial charge < -0.3 is 15.2 Å². The number of anilines is 1. The molecule has 1 heterocycles. The van der Waals surface area contributed by atoms with E-state index in [9.17, 15) is 9.59 Å². The molecule has 0 bridgehead atoms. The zero-order chi connectivity index (χ0) is 15.4. The zero-order valence-electron chi connectivity index (χ0n) is 11.6. The van der Waals surface area contributed by atoms with Crippen LogP contribution in [0.25, 0.3) is 0 Å². The number of aromatic carboxylic acids is 1. The summed E-state index contributed by atoms with van der Waals surface area (Å²) in [5.74, 6) is -1.23. The van der Waals surface area contributed by atoms with Crippen molar-refractivity contribution >= 4 is 17.6 Å². The lowest BCUT2D eigenvalue weighted by molar-refractivity contribution is 0.0693. The summed E-state index contributed by atoms with van der Waals surface area (Å²) in [5, 5.41) is 11.7. The van der Waals surface area contributed by atoms with E-state index in [0.29, 0.717) is 11.3 Å². The van der Waals surface area contributed by atoms with Crippen molar-refractivity contribution in [1.82, 2.24) is 4.98 Å². The summed E-state index contributed by atoms with van der Waals surface area (Å²) in [7, 11) is 1.37. The number of ether oxygens (including phenoxy) is 1. The fourth-order valence-electron chi connectivity index (χ4n) is 1.75. The number of carboxylic acids is 1. The van der Waals surface area contributed by atoms with Gasteiger partial charge in [0.1, 0.15) is 11.3 Å². The molecule has 0 atom stereocenters. The van der Waals surface area contributed by atoms with E-state index in [1.54, 1.807) is 12.1 Å². The minimum absolute atomic E-state index is 0.0347. The van der Waals surface area contributed by atoms with Crippen molar-refractivity contribution in [2.75, 3.05) is 12.4 Å². The third-order valence-electron chi connectivity index (χ3n) is 2.86. The second kappa shape index (κ2) is 6.04. The van der Waals surface area contributed by atoms with E-state index in [0.717, 1.165) is 5.69 Å². The lowest BCUT2D eigenvalue weighted by Gasteiger charge is -2.09. The molecule has 108 valence electrons. The highest BCUT2D eigenvalue weighted by atomic mass is 16.5. The molecule has 0 unspecified atom stereocenters. The third-order valence-corrected chi connectivity index (χ3v) is 2.86. The minimum Gasteiger partial charge on any atom is -0.496 e. The Balaban J connectivity index is 2.21. The fraction of sp³-hybridized carbons (Fsp3) is 0.133. The molecule has 0 fully saturated rings. The van der Waals surface area contributed by atoms with Crippen LogP contribution in [0, 0.1) is 6.92 Å². The summed E-state index contributed by atoms with van der Waals surface area (Å²) in [6, 6.07) is 7.75. The Morgan fingerprint density at radius 2 is 2.00 bits per heavy atom. The van der Waals surface area contributed by atoms with Crippen LogP contribution in [-0.2, 0) is 0 Å². The Kier molecular flexibility index (Phi) is 4.18. The summed E-state index contributed by atoms with van der Waals surface area (Å²) < 4.78 is 5.01. The van der Waals surface area contributed by atoms with Crippen LogP contribution in [0.2, 0.25) is 0 Å². The van der Waals surface area contributed by atoms with Crippen molar-refractivity contribution in [2.24, 2.45) is 0 Å². The normalized spacial score (nSPS) is 10.0. The van der Waals surface area contributed by atoms with Crippen molar-refractivity contribution in [1.29, 1.82) is 0 Å². The minimum atomic E-state index is -1.09. The van der Waals surface area contributed by atoms with Gasteiger partial charge in [0.15, 0.2) is 0 Å². The number of benzene rings is 1. The van der Waals surface area contributed by atoms with Crippen molar-refractivity contribution in [3.8, 4) is 5.75 Å². The second-order valence-corrected chi connectivity index (χ2v) is 4.36. The summed E-state index contributed by atoms with van der Waals surface area (Å²) in [4.78, 5) is 27.1. The Morgan fingerprint density at radius 3 is 2.57 bits per heavy atom. The molecule has 2 rings (SSSR count). The summed E-state index contributed by atoms with van der Waals surface area (Å²) in [6.07, 6.45) is 1.48. The average molecular weight is 286 g/mol. The van der Waals surface area contributed by atoms with Crippen molar-refractivity contribution in [3.63, 3.8) is 0 Å². The molecule has 0 aliphatic carbocycles. The van der Waals surface area contributed by atoms with Gasteiger partial charge in [-0.2, -0.15) is 0 Å². The van der Waals surface area contributed by atoms with E-state index in [-0.39, 0.29) is 17.2 Å². The maximum absolute atomic E-state index is 12.0. The number of aryl methyl sites for hydroxylation is 1. The number of carbonyl (C=O) groups is 2. The lowest BCUT2D eigenvalue weighted by atomic mass is 10.1. The van der Waals surface area contributed by atoms with Gasteiger partial charge in [-0.15, -0.1) is 0 Å². The van der Waals surface area contributed by atoms with E-state index in [1.165, 1.54) is 31.5 Å². The Hall–Kier alpha value is -2.89. The van der Waals surface area contributed by atoms with Crippen LogP contribution < -0.4 is 10.1 Å². The van der Waals surface area contributed by atoms with Gasteiger partial charge in [-0.05, 0) is 31.2 Å². The molecule has 6 heteroatoms. The molecule has 6 nitrogen and oxygen atoms in total. The molecule has 1 amide bonds. The summed E-state index contributed by atoms with van der Waals surface area (Å²) >= 11 is 0. The molecular formula is C15H14N2O4. The predicted molar refractivity (Wildman–Crippen MR) is 76.9 cm³/mol. The fourth-order valence-corrected chi connectivity index (χ4v) is 1.75. The number of carbonyl (C=O) groups excluding carboxylic acids is 1. The number of nitrogens with zero attached hydrogens (tertiary/aromatic N) is 1. The van der Waals surface area contributed by atoms with Gasteiger partial charge in [-0.3, -0.25) is 9.78 Å². The first-order valence-corrected chi connectivity index (χ1v) is 6.16. The van der Waals surface area contributed by atoms with E-state index in [1.807, 2.05) is 6.92 Å². The average Bonchev–Trinajstić information content (AvgIpc) is 2.47. The molecule has 1 aromatic carbocycles. The number of pyridine rings is 1. The van der Waals surface area contributed by atoms with Gasteiger partial charge in [0, 0.05) is 23.6 Å². The van der Waals surface area contributed by atoms with Gasteiger partial charge in [0.25, 0.3) is 5.91 Å². The van der Waals surface area contributed by atoms with Crippen LogP contribution in [-0.4, -0.2) is 29.1 Å². The highest BCUT2D eigenvalue weighted by molar-refractivity contribution is 6.04. The van der Waals surface area contributed by atoms with Gasteiger partial charge >= 0.3 is 5.97 Å². The Labute approximate surface area is 121 Å². The van der Waals surface area contributed by atoms with E-state index >= 15 is 0 Å². The number of carboxylic acid groups (broad SMARTS) is 1. The second-order valence-electron chi connectivity index (χ2n) is 4.36. The molecule has 0 saturated carbocycles. The van der Waals surface area contributed by atoms with E-state index in [2.05, 4.69) is 10.3 Å². The van der Waals surface area contributed by atoms with Gasteiger partial charge in [-0.25, -0.2) is 4.79 Å². The largest absolute Gasteiger partial charge is 0.496 e. The number of nitrogens with one attached hydrogen (secondary N) is 1. The summed E-state index contributed by atoms with van der Waals surface area (Å²) in [6.45, 7) is 1.83. The monoisotopic (exact) mass is 286 g/mol. The van der Waals surface area contributed by atoms with E-state index in [4.69, 9.17) is 9.84 Å². The zero-order valence-corrected chi connectivity index (χ0v) is 11.6. The highest BCUT2D eigenvalue weighted by Gasteiger charge is 2.13. The number of methoxy groups -OCH3 is 1. The number of rotatable bonds is 4. The molecule has 21 heavy (non-hydrogen) atoms. The molecule has 1 aromatic heterocycles. The molecule has 0 aliphatic heterocycles. The van der Waals surface area contributed by atoms with Gasteiger partial charge in [0.05, 0.1) is 12.7 Å². The topological polar surface area (TPSA) is 88.5 Å². The van der Waals surface area contributed by atoms with Crippen LogP contribution in [0.3, 0.4) is 0 Å². The third kappa shape index (κ3) is 3.36. The van der Waals surface area contributed by atoms with Crippen molar-refractivity contribution in [2.45, 2.75) is 6.92 Å². The van der Waals surface area contributed by atoms with E-state index < -0.39 is 5.97 Å². The van der Waals surface area contributed by atoms with Crippen LogP contribution in [0.1, 0.15) is 26.4 Å². The SMILES string of the molecule is COc1cc(NC(=O)c2ccc(C)nc2)ccc1C(=O)O. The molecule has 0 saturated heterocycles. The standard InChI is InChI=1S/C15H14N2O4/c1-9-3-4-10(8-16-9)14(18)17-11-5-6-12(15(19)20)13(7-11)21-2/h3-8H,1-2H3,(H,17,18)(H,19,20). The quantitative estimate of drug-likeness (QED) is 0.900. The van der Waals surface area contributed by atoms with Crippen molar-refractivity contribution in [3.05, 3.63) is 53.3 Å². The smallest absolute Gasteiger partial charge is 0.339 e. The Bertz CT molecular complexity index is 681. The van der Waals surface area contributed by atoms with Gasteiger partial charge in [0.2, 0.25) is 0 Å². The molecule has 2 aromatic rings. The lowest BCUT2D eigenvalue weighted by Crippen LogP contribution is -2.12. The van der Waals surface area contributed by atoms with Gasteiger partial charge in [-0.1, -0.05) is 0 Å². The number of hydrogen-bond donors (Lipinski definition) is 2. The first-order chi connectivity index (χ1) is 10.0. The molecule has 0 aliphatic rings. The number of amides is 1. The van der Waals surface area contributed by atoms with Crippen LogP contribution in [0.4, 0.5) is 5.69 Å². The molecule has 0 spiro atoms. The molecule has 0 radical (unpaired) electrons. The first-order valence-electron chi connectivity index (χ1n) is 6.16. The number of hydrogen-bond acceptors (Lipinski definition) is 4. The van der Waals surface area contributed by atoms with Crippen LogP contribution >= 0.6 is 0 Å².